The smallest absolute Gasteiger partial charge is 0.129 e. The summed E-state index contributed by atoms with van der Waals surface area (Å²) in [7, 11) is 0. The van der Waals surface area contributed by atoms with Gasteiger partial charge in [-0.25, -0.2) is 4.39 Å². The average molecular weight is 428 g/mol. The minimum Gasteiger partial charge on any atom is -0.314 e. The molecule has 1 saturated heterocycles. The van der Waals surface area contributed by atoms with Crippen LogP contribution in [0.4, 0.5) is 4.39 Å². The van der Waals surface area contributed by atoms with Crippen molar-refractivity contribution in [1.82, 2.24) is 10.2 Å². The number of nitrogens with one attached hydrogen (secondary N) is 1. The van der Waals surface area contributed by atoms with Crippen molar-refractivity contribution in [2.24, 2.45) is 0 Å². The Morgan fingerprint density at radius 2 is 1.91 bits per heavy atom. The first-order valence-electron chi connectivity index (χ1n) is 6.69. The molecule has 0 radical (unpaired) electrons. The molecule has 2 heterocycles. The second-order valence-corrected chi connectivity index (χ2v) is 6.76. The summed E-state index contributed by atoms with van der Waals surface area (Å²) in [5.74, 6) is -0.142. The van der Waals surface area contributed by atoms with E-state index in [2.05, 4.69) is 37.6 Å². The molecule has 1 fully saturated rings. The number of rotatable bonds is 3. The molecule has 3 rings (SSSR count). The van der Waals surface area contributed by atoms with Crippen LogP contribution in [0.5, 0.6) is 0 Å². The van der Waals surface area contributed by atoms with Crippen molar-refractivity contribution in [2.75, 3.05) is 26.2 Å². The van der Waals surface area contributed by atoms with Gasteiger partial charge in [0.25, 0.3) is 0 Å². The Labute approximate surface area is 155 Å². The maximum Gasteiger partial charge on any atom is 0.129 e. The average Bonchev–Trinajstić information content (AvgIpc) is 2.97. The van der Waals surface area contributed by atoms with Crippen molar-refractivity contribution >= 4 is 52.1 Å². The van der Waals surface area contributed by atoms with E-state index in [-0.39, 0.29) is 36.7 Å². The van der Waals surface area contributed by atoms with Crippen molar-refractivity contribution in [2.45, 2.75) is 6.04 Å². The van der Waals surface area contributed by atoms with Gasteiger partial charge in [0, 0.05) is 41.1 Å². The number of piperazine rings is 1. The third kappa shape index (κ3) is 4.43. The number of hydrogen-bond acceptors (Lipinski definition) is 3. The predicted octanol–water partition coefficient (Wildman–Crippen LogP) is 4.49. The third-order valence-electron chi connectivity index (χ3n) is 3.59. The summed E-state index contributed by atoms with van der Waals surface area (Å²) < 4.78 is 15.2. The molecule has 0 saturated carbocycles. The first-order valence-corrected chi connectivity index (χ1v) is 8.36. The van der Waals surface area contributed by atoms with Gasteiger partial charge in [-0.3, -0.25) is 4.90 Å². The number of halogens is 4. The van der Waals surface area contributed by atoms with Gasteiger partial charge in [0.15, 0.2) is 0 Å². The third-order valence-corrected chi connectivity index (χ3v) is 5.00. The standard InChI is InChI=1S/C15H16BrFN2S.2ClH/c16-11-3-4-12(13(17)10-11)15(14-2-1-9-20-14)19-7-5-18-6-8-19;;/h1-4,9-10,15,18H,5-8H2;2*1H/t15-;;/m1../s1. The number of benzene rings is 1. The molecule has 1 aromatic carbocycles. The zero-order valence-corrected chi connectivity index (χ0v) is 15.8. The molecule has 7 heteroatoms. The fourth-order valence-electron chi connectivity index (χ4n) is 2.64. The molecule has 2 nitrogen and oxygen atoms in total. The molecule has 2 aromatic rings. The second kappa shape index (κ2) is 9.21. The molecular weight excluding hydrogens is 410 g/mol. The fourth-order valence-corrected chi connectivity index (χ4v) is 3.85. The normalized spacial score (nSPS) is 16.5. The Morgan fingerprint density at radius 1 is 1.18 bits per heavy atom. The van der Waals surface area contributed by atoms with Crippen LogP contribution >= 0.6 is 52.1 Å². The van der Waals surface area contributed by atoms with Crippen LogP contribution in [0.25, 0.3) is 0 Å². The van der Waals surface area contributed by atoms with Gasteiger partial charge in [0.2, 0.25) is 0 Å². The van der Waals surface area contributed by atoms with Gasteiger partial charge in [-0.1, -0.05) is 28.1 Å². The van der Waals surface area contributed by atoms with Gasteiger partial charge in [-0.15, -0.1) is 36.2 Å². The van der Waals surface area contributed by atoms with Crippen LogP contribution in [0.2, 0.25) is 0 Å². The van der Waals surface area contributed by atoms with Gasteiger partial charge >= 0.3 is 0 Å². The molecular formula is C15H18BrCl2FN2S. The lowest BCUT2D eigenvalue weighted by Gasteiger charge is -2.35. The van der Waals surface area contributed by atoms with Gasteiger partial charge in [-0.05, 0) is 23.6 Å². The highest BCUT2D eigenvalue weighted by Crippen LogP contribution is 2.34. The molecule has 22 heavy (non-hydrogen) atoms. The molecule has 1 N–H and O–H groups in total. The summed E-state index contributed by atoms with van der Waals surface area (Å²) in [4.78, 5) is 3.56. The molecule has 1 atom stereocenters. The quantitative estimate of drug-likeness (QED) is 0.776. The van der Waals surface area contributed by atoms with Gasteiger partial charge < -0.3 is 5.32 Å². The Morgan fingerprint density at radius 3 is 2.50 bits per heavy atom. The van der Waals surface area contributed by atoms with Crippen LogP contribution in [0.15, 0.2) is 40.2 Å². The predicted molar refractivity (Wildman–Crippen MR) is 99.2 cm³/mol. The summed E-state index contributed by atoms with van der Waals surface area (Å²) in [5, 5.41) is 5.41. The Hall–Kier alpha value is -0.170. The highest BCUT2D eigenvalue weighted by atomic mass is 79.9. The van der Waals surface area contributed by atoms with Crippen LogP contribution in [0, 0.1) is 5.82 Å². The first-order chi connectivity index (χ1) is 9.75. The molecule has 0 unspecified atom stereocenters. The maximum atomic E-state index is 14.4. The van der Waals surface area contributed by atoms with Crippen LogP contribution in [0.3, 0.4) is 0 Å². The minimum atomic E-state index is -0.142. The van der Waals surface area contributed by atoms with Crippen molar-refractivity contribution in [3.63, 3.8) is 0 Å². The molecule has 0 bridgehead atoms. The Balaban J connectivity index is 0.00000121. The van der Waals surface area contributed by atoms with E-state index in [1.807, 2.05) is 18.2 Å². The fraction of sp³-hybridized carbons (Fsp3) is 0.333. The molecule has 1 aromatic heterocycles. The topological polar surface area (TPSA) is 15.3 Å². The zero-order valence-electron chi connectivity index (χ0n) is 11.8. The van der Waals surface area contributed by atoms with Crippen LogP contribution in [-0.2, 0) is 0 Å². The lowest BCUT2D eigenvalue weighted by Crippen LogP contribution is -2.45. The molecule has 0 spiro atoms. The van der Waals surface area contributed by atoms with E-state index < -0.39 is 0 Å². The van der Waals surface area contributed by atoms with E-state index in [9.17, 15) is 4.39 Å². The summed E-state index contributed by atoms with van der Waals surface area (Å²) in [6.45, 7) is 3.80. The molecule has 1 aliphatic heterocycles. The summed E-state index contributed by atoms with van der Waals surface area (Å²) in [6, 6.07) is 9.51. The van der Waals surface area contributed by atoms with E-state index in [1.54, 1.807) is 17.4 Å². The molecule has 122 valence electrons. The van der Waals surface area contributed by atoms with Gasteiger partial charge in [0.1, 0.15) is 5.82 Å². The van der Waals surface area contributed by atoms with E-state index in [0.717, 1.165) is 36.2 Å². The number of nitrogens with zero attached hydrogens (tertiary/aromatic N) is 1. The number of thiophene rings is 1. The zero-order chi connectivity index (χ0) is 13.9. The van der Waals surface area contributed by atoms with E-state index in [1.165, 1.54) is 4.88 Å². The minimum absolute atomic E-state index is 0. The van der Waals surface area contributed by atoms with E-state index in [0.29, 0.717) is 0 Å². The van der Waals surface area contributed by atoms with E-state index in [4.69, 9.17) is 0 Å². The van der Waals surface area contributed by atoms with Crippen molar-refractivity contribution in [3.05, 3.63) is 56.4 Å². The van der Waals surface area contributed by atoms with Crippen LogP contribution in [0.1, 0.15) is 16.5 Å². The molecule has 0 amide bonds. The first kappa shape index (κ1) is 19.9. The summed E-state index contributed by atoms with van der Waals surface area (Å²) >= 11 is 5.02. The largest absolute Gasteiger partial charge is 0.314 e. The van der Waals surface area contributed by atoms with Crippen molar-refractivity contribution < 1.29 is 4.39 Å². The van der Waals surface area contributed by atoms with Crippen LogP contribution < -0.4 is 5.32 Å². The lowest BCUT2D eigenvalue weighted by molar-refractivity contribution is 0.197. The highest BCUT2D eigenvalue weighted by Gasteiger charge is 2.26. The molecule has 1 aliphatic rings. The highest BCUT2D eigenvalue weighted by molar-refractivity contribution is 9.10. The summed E-state index contributed by atoms with van der Waals surface area (Å²) in [5.41, 5.74) is 0.762. The van der Waals surface area contributed by atoms with E-state index >= 15 is 0 Å². The molecule has 0 aliphatic carbocycles. The Kier molecular flexibility index (Phi) is 8.32. The SMILES string of the molecule is Cl.Cl.Fc1cc(Br)ccc1[C@H](c1cccs1)N1CCNCC1. The lowest BCUT2D eigenvalue weighted by atomic mass is 10.0. The Bertz CT molecular complexity index is 577. The van der Waals surface area contributed by atoms with Gasteiger partial charge in [-0.2, -0.15) is 0 Å². The summed E-state index contributed by atoms with van der Waals surface area (Å²) in [6.07, 6.45) is 0. The second-order valence-electron chi connectivity index (χ2n) is 4.87. The maximum absolute atomic E-state index is 14.4. The van der Waals surface area contributed by atoms with Crippen molar-refractivity contribution in [3.8, 4) is 0 Å². The van der Waals surface area contributed by atoms with Crippen LogP contribution in [-0.4, -0.2) is 31.1 Å². The number of hydrogen-bond donors (Lipinski definition) is 1. The van der Waals surface area contributed by atoms with Crippen molar-refractivity contribution in [1.29, 1.82) is 0 Å². The van der Waals surface area contributed by atoms with Gasteiger partial charge in [0.05, 0.1) is 6.04 Å². The monoisotopic (exact) mass is 426 g/mol.